The number of pyridine rings is 2. The predicted octanol–water partition coefficient (Wildman–Crippen LogP) is 3.65. The van der Waals surface area contributed by atoms with Crippen molar-refractivity contribution >= 4 is 10.9 Å². The molecule has 3 rings (SSSR count). The van der Waals surface area contributed by atoms with Crippen LogP contribution in [0.1, 0.15) is 24.6 Å². The van der Waals surface area contributed by atoms with Gasteiger partial charge in [0.1, 0.15) is 0 Å². The van der Waals surface area contributed by atoms with Crippen LogP contribution >= 0.6 is 0 Å². The highest BCUT2D eigenvalue weighted by Crippen LogP contribution is 2.14. The summed E-state index contributed by atoms with van der Waals surface area (Å²) in [6.07, 6.45) is 3.81. The van der Waals surface area contributed by atoms with E-state index in [0.29, 0.717) is 5.39 Å². The van der Waals surface area contributed by atoms with E-state index in [1.807, 2.05) is 55.6 Å². The van der Waals surface area contributed by atoms with Crippen molar-refractivity contribution in [2.75, 3.05) is 0 Å². The van der Waals surface area contributed by atoms with E-state index >= 15 is 0 Å². The van der Waals surface area contributed by atoms with Gasteiger partial charge in [0, 0.05) is 11.9 Å². The van der Waals surface area contributed by atoms with Crippen molar-refractivity contribution in [2.45, 2.75) is 26.7 Å². The first kappa shape index (κ1) is 13.6. The lowest BCUT2D eigenvalue weighted by Gasteiger charge is -2.10. The van der Waals surface area contributed by atoms with Crippen molar-refractivity contribution in [3.05, 3.63) is 70.3 Å². The van der Waals surface area contributed by atoms with E-state index in [4.69, 9.17) is 0 Å². The number of para-hydroxylation sites is 1. The quantitative estimate of drug-likeness (QED) is 0.733. The SMILES string of the molecule is CCCc1ccc2c(=O)n(-c3ccccc3C)ccc2n1. The fourth-order valence-corrected chi connectivity index (χ4v) is 2.59. The fourth-order valence-electron chi connectivity index (χ4n) is 2.59. The maximum atomic E-state index is 12.7. The molecule has 0 saturated carbocycles. The van der Waals surface area contributed by atoms with Crippen molar-refractivity contribution in [1.29, 1.82) is 0 Å². The van der Waals surface area contributed by atoms with Gasteiger partial charge < -0.3 is 0 Å². The summed E-state index contributed by atoms with van der Waals surface area (Å²) in [5, 5.41) is 0.667. The maximum Gasteiger partial charge on any atom is 0.264 e. The van der Waals surface area contributed by atoms with Crippen LogP contribution in [0.3, 0.4) is 0 Å². The van der Waals surface area contributed by atoms with E-state index in [1.54, 1.807) is 4.57 Å². The fraction of sp³-hybridized carbons (Fsp3) is 0.222. The van der Waals surface area contributed by atoms with E-state index in [1.165, 1.54) is 0 Å². The molecule has 3 aromatic rings. The average Bonchev–Trinajstić information content (AvgIpc) is 2.49. The number of fused-ring (bicyclic) bond motifs is 1. The number of benzene rings is 1. The van der Waals surface area contributed by atoms with Gasteiger partial charge in [0.2, 0.25) is 0 Å². The zero-order valence-electron chi connectivity index (χ0n) is 12.3. The lowest BCUT2D eigenvalue weighted by molar-refractivity contribution is 0.888. The number of hydrogen-bond acceptors (Lipinski definition) is 2. The van der Waals surface area contributed by atoms with E-state index < -0.39 is 0 Å². The molecule has 0 radical (unpaired) electrons. The van der Waals surface area contributed by atoms with Gasteiger partial charge in [0.25, 0.3) is 5.56 Å². The summed E-state index contributed by atoms with van der Waals surface area (Å²) in [6, 6.07) is 13.7. The summed E-state index contributed by atoms with van der Waals surface area (Å²) in [6.45, 7) is 4.14. The first-order valence-corrected chi connectivity index (χ1v) is 7.28. The summed E-state index contributed by atoms with van der Waals surface area (Å²) >= 11 is 0. The zero-order chi connectivity index (χ0) is 14.8. The van der Waals surface area contributed by atoms with Crippen LogP contribution in [0.2, 0.25) is 0 Å². The molecule has 3 heteroatoms. The molecular weight excluding hydrogens is 260 g/mol. The standard InChI is InChI=1S/C18H18N2O/c1-3-6-14-9-10-15-16(19-14)11-12-20(18(15)21)17-8-5-4-7-13(17)2/h4-5,7-12H,3,6H2,1-2H3. The molecule has 2 aromatic heterocycles. The van der Waals surface area contributed by atoms with Crippen LogP contribution < -0.4 is 5.56 Å². The maximum absolute atomic E-state index is 12.7. The number of rotatable bonds is 3. The van der Waals surface area contributed by atoms with Crippen LogP contribution in [0.25, 0.3) is 16.6 Å². The molecule has 0 N–H and O–H groups in total. The summed E-state index contributed by atoms with van der Waals surface area (Å²) in [5.41, 5.74) is 3.79. The van der Waals surface area contributed by atoms with Crippen molar-refractivity contribution in [3.63, 3.8) is 0 Å². The molecule has 3 nitrogen and oxygen atoms in total. The Hall–Kier alpha value is -2.42. The second kappa shape index (κ2) is 5.52. The summed E-state index contributed by atoms with van der Waals surface area (Å²) in [5.74, 6) is 0. The number of nitrogens with zero attached hydrogens (tertiary/aromatic N) is 2. The van der Waals surface area contributed by atoms with Gasteiger partial charge in [-0.1, -0.05) is 31.5 Å². The molecular formula is C18H18N2O. The highest BCUT2D eigenvalue weighted by molar-refractivity contribution is 5.77. The molecule has 1 aromatic carbocycles. The van der Waals surface area contributed by atoms with Crippen molar-refractivity contribution in [1.82, 2.24) is 9.55 Å². The number of aromatic nitrogens is 2. The second-order valence-corrected chi connectivity index (χ2v) is 5.26. The van der Waals surface area contributed by atoms with Gasteiger partial charge in [-0.05, 0) is 43.2 Å². The third-order valence-electron chi connectivity index (χ3n) is 3.69. The topological polar surface area (TPSA) is 34.9 Å². The molecule has 0 fully saturated rings. The predicted molar refractivity (Wildman–Crippen MR) is 86.1 cm³/mol. The number of aryl methyl sites for hydroxylation is 2. The molecule has 21 heavy (non-hydrogen) atoms. The van der Waals surface area contributed by atoms with Gasteiger partial charge >= 0.3 is 0 Å². The second-order valence-electron chi connectivity index (χ2n) is 5.26. The normalized spacial score (nSPS) is 11.0. The van der Waals surface area contributed by atoms with Crippen LogP contribution in [0.5, 0.6) is 0 Å². The molecule has 0 saturated heterocycles. The molecule has 0 aliphatic heterocycles. The Labute approximate surface area is 123 Å². The average molecular weight is 278 g/mol. The monoisotopic (exact) mass is 278 g/mol. The molecule has 0 aliphatic rings. The molecule has 0 atom stereocenters. The molecule has 0 amide bonds. The molecule has 0 aliphatic carbocycles. The Morgan fingerprint density at radius 1 is 1.10 bits per heavy atom. The Bertz CT molecular complexity index is 849. The van der Waals surface area contributed by atoms with E-state index in [9.17, 15) is 4.79 Å². The molecule has 0 spiro atoms. The largest absolute Gasteiger partial charge is 0.283 e. The van der Waals surface area contributed by atoms with Crippen molar-refractivity contribution in [3.8, 4) is 5.69 Å². The minimum atomic E-state index is -0.0163. The Kier molecular flexibility index (Phi) is 3.57. The minimum absolute atomic E-state index is 0.0163. The van der Waals surface area contributed by atoms with Crippen LogP contribution in [0.4, 0.5) is 0 Å². The van der Waals surface area contributed by atoms with E-state index in [0.717, 1.165) is 35.3 Å². The molecule has 0 bridgehead atoms. The highest BCUT2D eigenvalue weighted by atomic mass is 16.1. The van der Waals surface area contributed by atoms with Gasteiger partial charge in [0.15, 0.2) is 0 Å². The summed E-state index contributed by atoms with van der Waals surface area (Å²) in [4.78, 5) is 17.2. The highest BCUT2D eigenvalue weighted by Gasteiger charge is 2.07. The zero-order valence-corrected chi connectivity index (χ0v) is 12.3. The van der Waals surface area contributed by atoms with Crippen LogP contribution in [0, 0.1) is 6.92 Å². The first-order valence-electron chi connectivity index (χ1n) is 7.28. The number of hydrogen-bond donors (Lipinski definition) is 0. The van der Waals surface area contributed by atoms with E-state index in [2.05, 4.69) is 11.9 Å². The molecule has 2 heterocycles. The molecule has 106 valence electrons. The lowest BCUT2D eigenvalue weighted by atomic mass is 10.1. The van der Waals surface area contributed by atoms with E-state index in [-0.39, 0.29) is 5.56 Å². The third kappa shape index (κ3) is 2.47. The van der Waals surface area contributed by atoms with Gasteiger partial charge in [-0.2, -0.15) is 0 Å². The minimum Gasteiger partial charge on any atom is -0.283 e. The smallest absolute Gasteiger partial charge is 0.264 e. The van der Waals surface area contributed by atoms with Gasteiger partial charge in [-0.15, -0.1) is 0 Å². The Balaban J connectivity index is 2.20. The third-order valence-corrected chi connectivity index (χ3v) is 3.69. The Morgan fingerprint density at radius 2 is 1.90 bits per heavy atom. The van der Waals surface area contributed by atoms with Gasteiger partial charge in [-0.25, -0.2) is 0 Å². The van der Waals surface area contributed by atoms with Gasteiger partial charge in [-0.3, -0.25) is 14.3 Å². The Morgan fingerprint density at radius 3 is 2.67 bits per heavy atom. The first-order chi connectivity index (χ1) is 10.2. The van der Waals surface area contributed by atoms with Crippen molar-refractivity contribution in [2.24, 2.45) is 0 Å². The molecule has 0 unspecified atom stereocenters. The van der Waals surface area contributed by atoms with Gasteiger partial charge in [0.05, 0.1) is 16.6 Å². The van der Waals surface area contributed by atoms with Crippen LogP contribution in [-0.2, 0) is 6.42 Å². The van der Waals surface area contributed by atoms with Crippen LogP contribution in [-0.4, -0.2) is 9.55 Å². The summed E-state index contributed by atoms with van der Waals surface area (Å²) in [7, 11) is 0. The summed E-state index contributed by atoms with van der Waals surface area (Å²) < 4.78 is 1.69. The van der Waals surface area contributed by atoms with Crippen molar-refractivity contribution < 1.29 is 0 Å². The van der Waals surface area contributed by atoms with Crippen LogP contribution in [0.15, 0.2) is 53.5 Å². The lowest BCUT2D eigenvalue weighted by Crippen LogP contribution is -2.18.